The summed E-state index contributed by atoms with van der Waals surface area (Å²) in [4.78, 5) is 16.5. The first-order chi connectivity index (χ1) is 11.6. The van der Waals surface area contributed by atoms with Crippen LogP contribution in [0.1, 0.15) is 40.7 Å². The number of amides is 1. The SMILES string of the molecule is CN1C2CCC(C2)C1CN1CCc2c(F)cc(C(=O)NO)cc2C1. The molecule has 1 aromatic carbocycles. The van der Waals surface area contributed by atoms with Crippen LogP contribution in [0.3, 0.4) is 0 Å². The number of piperidine rings is 1. The fraction of sp³-hybridized carbons (Fsp3) is 0.611. The van der Waals surface area contributed by atoms with Crippen molar-refractivity contribution in [1.29, 1.82) is 0 Å². The minimum absolute atomic E-state index is 0.174. The van der Waals surface area contributed by atoms with Gasteiger partial charge in [0.05, 0.1) is 0 Å². The third-order valence-electron chi connectivity index (χ3n) is 6.26. The fourth-order valence-electron chi connectivity index (χ4n) is 4.91. The Balaban J connectivity index is 1.51. The Morgan fingerprint density at radius 3 is 2.96 bits per heavy atom. The van der Waals surface area contributed by atoms with E-state index in [1.54, 1.807) is 11.5 Å². The molecule has 0 aromatic heterocycles. The maximum absolute atomic E-state index is 14.3. The Hall–Kier alpha value is -1.50. The first-order valence-corrected chi connectivity index (χ1v) is 8.77. The summed E-state index contributed by atoms with van der Waals surface area (Å²) in [5.41, 5.74) is 3.33. The van der Waals surface area contributed by atoms with Crippen molar-refractivity contribution in [1.82, 2.24) is 15.3 Å². The Morgan fingerprint density at radius 2 is 2.25 bits per heavy atom. The molecule has 2 bridgehead atoms. The number of hydroxylamine groups is 1. The molecule has 6 heteroatoms. The van der Waals surface area contributed by atoms with Crippen molar-refractivity contribution in [3.05, 3.63) is 34.6 Å². The van der Waals surface area contributed by atoms with Crippen molar-refractivity contribution in [3.63, 3.8) is 0 Å². The van der Waals surface area contributed by atoms with Gasteiger partial charge >= 0.3 is 0 Å². The molecule has 2 aliphatic heterocycles. The van der Waals surface area contributed by atoms with Crippen molar-refractivity contribution < 1.29 is 14.4 Å². The van der Waals surface area contributed by atoms with E-state index in [2.05, 4.69) is 16.8 Å². The maximum atomic E-state index is 14.3. The van der Waals surface area contributed by atoms with E-state index in [0.717, 1.165) is 30.6 Å². The molecule has 1 saturated carbocycles. The minimum Gasteiger partial charge on any atom is -0.299 e. The number of nitrogens with one attached hydrogen (secondary N) is 1. The third kappa shape index (κ3) is 2.62. The minimum atomic E-state index is -0.665. The van der Waals surface area contributed by atoms with Crippen LogP contribution in [-0.2, 0) is 13.0 Å². The van der Waals surface area contributed by atoms with Crippen LogP contribution >= 0.6 is 0 Å². The number of likely N-dealkylation sites (tertiary alicyclic amines) is 1. The van der Waals surface area contributed by atoms with Gasteiger partial charge < -0.3 is 0 Å². The molecule has 1 aliphatic carbocycles. The molecular formula is C18H24FN3O2. The molecule has 3 aliphatic rings. The number of benzene rings is 1. The number of carbonyl (C=O) groups excluding carboxylic acids is 1. The molecule has 3 atom stereocenters. The van der Waals surface area contributed by atoms with Gasteiger partial charge in [0.2, 0.25) is 0 Å². The molecule has 2 fully saturated rings. The Bertz CT molecular complexity index is 664. The van der Waals surface area contributed by atoms with Gasteiger partial charge in [0.15, 0.2) is 0 Å². The number of halogens is 1. The fourth-order valence-corrected chi connectivity index (χ4v) is 4.91. The van der Waals surface area contributed by atoms with Crippen molar-refractivity contribution >= 4 is 5.91 Å². The second kappa shape index (κ2) is 6.10. The molecule has 2 heterocycles. The van der Waals surface area contributed by atoms with E-state index in [1.165, 1.54) is 25.3 Å². The third-order valence-corrected chi connectivity index (χ3v) is 6.26. The van der Waals surface area contributed by atoms with Gasteiger partial charge in [-0.25, -0.2) is 9.87 Å². The van der Waals surface area contributed by atoms with Crippen molar-refractivity contribution in [2.24, 2.45) is 5.92 Å². The summed E-state index contributed by atoms with van der Waals surface area (Å²) in [7, 11) is 2.23. The summed E-state index contributed by atoms with van der Waals surface area (Å²) in [6, 6.07) is 4.26. The molecule has 24 heavy (non-hydrogen) atoms. The van der Waals surface area contributed by atoms with Crippen molar-refractivity contribution in [2.75, 3.05) is 20.1 Å². The quantitative estimate of drug-likeness (QED) is 0.654. The van der Waals surface area contributed by atoms with E-state index in [-0.39, 0.29) is 11.4 Å². The highest BCUT2D eigenvalue weighted by atomic mass is 19.1. The number of hydrogen-bond donors (Lipinski definition) is 2. The summed E-state index contributed by atoms with van der Waals surface area (Å²) in [5.74, 6) is -0.214. The first-order valence-electron chi connectivity index (χ1n) is 8.77. The number of rotatable bonds is 3. The molecule has 0 radical (unpaired) electrons. The summed E-state index contributed by atoms with van der Waals surface area (Å²) in [6.07, 6.45) is 4.65. The highest BCUT2D eigenvalue weighted by Crippen LogP contribution is 2.41. The smallest absolute Gasteiger partial charge is 0.274 e. The predicted molar refractivity (Wildman–Crippen MR) is 87.3 cm³/mol. The van der Waals surface area contributed by atoms with Crippen LogP contribution < -0.4 is 5.48 Å². The summed E-state index contributed by atoms with van der Waals surface area (Å²) >= 11 is 0. The maximum Gasteiger partial charge on any atom is 0.274 e. The van der Waals surface area contributed by atoms with Gasteiger partial charge in [-0.15, -0.1) is 0 Å². The molecule has 1 amide bonds. The highest BCUT2D eigenvalue weighted by Gasteiger charge is 2.44. The lowest BCUT2D eigenvalue weighted by Crippen LogP contribution is -2.46. The van der Waals surface area contributed by atoms with Gasteiger partial charge in [0, 0.05) is 37.3 Å². The number of fused-ring (bicyclic) bond motifs is 3. The van der Waals surface area contributed by atoms with E-state index in [0.29, 0.717) is 24.6 Å². The van der Waals surface area contributed by atoms with Crippen LogP contribution in [0.2, 0.25) is 0 Å². The van der Waals surface area contributed by atoms with E-state index < -0.39 is 5.91 Å². The molecule has 3 unspecified atom stereocenters. The van der Waals surface area contributed by atoms with Crippen molar-refractivity contribution in [2.45, 2.75) is 44.3 Å². The van der Waals surface area contributed by atoms with Crippen molar-refractivity contribution in [3.8, 4) is 0 Å². The van der Waals surface area contributed by atoms with Crippen LogP contribution in [0.15, 0.2) is 12.1 Å². The Labute approximate surface area is 141 Å². The molecule has 1 saturated heterocycles. The summed E-state index contributed by atoms with van der Waals surface area (Å²) in [6.45, 7) is 2.53. The normalized spacial score (nSPS) is 29.7. The van der Waals surface area contributed by atoms with E-state index >= 15 is 0 Å². The zero-order valence-electron chi connectivity index (χ0n) is 14.0. The van der Waals surface area contributed by atoms with Crippen LogP contribution in [0.25, 0.3) is 0 Å². The first kappa shape index (κ1) is 16.0. The molecule has 2 N–H and O–H groups in total. The van der Waals surface area contributed by atoms with Crippen LogP contribution in [0.4, 0.5) is 4.39 Å². The summed E-state index contributed by atoms with van der Waals surface area (Å²) < 4.78 is 14.3. The lowest BCUT2D eigenvalue weighted by atomic mass is 9.94. The zero-order valence-corrected chi connectivity index (χ0v) is 14.0. The second-order valence-electron chi connectivity index (χ2n) is 7.48. The molecule has 130 valence electrons. The van der Waals surface area contributed by atoms with Gasteiger partial charge in [-0.3, -0.25) is 19.8 Å². The standard InChI is InChI=1S/C18H24FN3O2/c1-21-14-3-2-11(7-14)17(21)10-22-5-4-15-13(9-22)6-12(8-16(15)19)18(23)20-24/h6,8,11,14,17,24H,2-5,7,9-10H2,1H3,(H,20,23). The Morgan fingerprint density at radius 1 is 1.42 bits per heavy atom. The average Bonchev–Trinajstić information content (AvgIpc) is 3.17. The van der Waals surface area contributed by atoms with Gasteiger partial charge in [-0.05, 0) is 61.9 Å². The molecule has 5 nitrogen and oxygen atoms in total. The topological polar surface area (TPSA) is 55.8 Å². The van der Waals surface area contributed by atoms with Gasteiger partial charge in [0.25, 0.3) is 5.91 Å². The number of hydrogen-bond acceptors (Lipinski definition) is 4. The van der Waals surface area contributed by atoms with Gasteiger partial charge in [0.1, 0.15) is 5.82 Å². The van der Waals surface area contributed by atoms with E-state index in [1.807, 2.05) is 0 Å². The lowest BCUT2D eigenvalue weighted by molar-refractivity contribution is 0.0705. The van der Waals surface area contributed by atoms with Crippen LogP contribution in [0.5, 0.6) is 0 Å². The van der Waals surface area contributed by atoms with Gasteiger partial charge in [-0.2, -0.15) is 0 Å². The Kier molecular flexibility index (Phi) is 4.06. The monoisotopic (exact) mass is 333 g/mol. The van der Waals surface area contributed by atoms with Gasteiger partial charge in [-0.1, -0.05) is 0 Å². The highest BCUT2D eigenvalue weighted by molar-refractivity contribution is 5.93. The second-order valence-corrected chi connectivity index (χ2v) is 7.48. The molecule has 0 spiro atoms. The largest absolute Gasteiger partial charge is 0.299 e. The lowest BCUT2D eigenvalue weighted by Gasteiger charge is -2.38. The molecule has 4 rings (SSSR count). The number of nitrogens with zero attached hydrogens (tertiary/aromatic N) is 2. The average molecular weight is 333 g/mol. The van der Waals surface area contributed by atoms with E-state index in [9.17, 15) is 9.18 Å². The summed E-state index contributed by atoms with van der Waals surface area (Å²) in [5, 5.41) is 8.78. The zero-order chi connectivity index (χ0) is 16.8. The number of likely N-dealkylation sites (N-methyl/N-ethyl adjacent to an activating group) is 1. The van der Waals surface area contributed by atoms with Crippen LogP contribution in [-0.4, -0.2) is 53.1 Å². The molecule has 1 aromatic rings. The van der Waals surface area contributed by atoms with E-state index in [4.69, 9.17) is 5.21 Å². The van der Waals surface area contributed by atoms with Crippen LogP contribution in [0, 0.1) is 11.7 Å². The molecular weight excluding hydrogens is 309 g/mol. The number of carbonyl (C=O) groups is 1. The predicted octanol–water partition coefficient (Wildman–Crippen LogP) is 1.79.